The van der Waals surface area contributed by atoms with Crippen LogP contribution < -0.4 is 5.32 Å². The van der Waals surface area contributed by atoms with Crippen molar-refractivity contribution in [3.05, 3.63) is 41.5 Å². The van der Waals surface area contributed by atoms with E-state index in [0.29, 0.717) is 18.9 Å². The van der Waals surface area contributed by atoms with Crippen molar-refractivity contribution in [3.63, 3.8) is 0 Å². The van der Waals surface area contributed by atoms with E-state index in [2.05, 4.69) is 35.7 Å². The van der Waals surface area contributed by atoms with Crippen LogP contribution in [0.3, 0.4) is 0 Å². The molecule has 2 N–H and O–H groups in total. The van der Waals surface area contributed by atoms with E-state index in [-0.39, 0.29) is 36.4 Å². The lowest BCUT2D eigenvalue weighted by molar-refractivity contribution is -0.148. The van der Waals surface area contributed by atoms with Crippen LogP contribution in [0, 0.1) is 5.92 Å². The number of rotatable bonds is 7. The molecule has 1 aromatic carbocycles. The predicted molar refractivity (Wildman–Crippen MR) is 113 cm³/mol. The first-order valence-corrected chi connectivity index (χ1v) is 11.0. The molecular formula is C24H32N2O3. The number of hydrogen-bond donors (Lipinski definition) is 2. The van der Waals surface area contributed by atoms with Gasteiger partial charge in [-0.1, -0.05) is 30.3 Å². The molecular weight excluding hydrogens is 364 g/mol. The molecule has 5 nitrogen and oxygen atoms in total. The van der Waals surface area contributed by atoms with Crippen LogP contribution in [-0.2, 0) is 9.59 Å². The summed E-state index contributed by atoms with van der Waals surface area (Å²) >= 11 is 0. The maximum Gasteiger partial charge on any atom is 0.220 e. The number of aliphatic hydroxyl groups excluding tert-OH is 1. The van der Waals surface area contributed by atoms with E-state index in [4.69, 9.17) is 0 Å². The van der Waals surface area contributed by atoms with Gasteiger partial charge in [-0.2, -0.15) is 0 Å². The van der Waals surface area contributed by atoms with Gasteiger partial charge in [0.2, 0.25) is 11.8 Å². The average molecular weight is 397 g/mol. The fourth-order valence-electron chi connectivity index (χ4n) is 4.98. The fraction of sp³-hybridized carbons (Fsp3) is 0.583. The highest BCUT2D eigenvalue weighted by Gasteiger charge is 2.50. The van der Waals surface area contributed by atoms with Crippen LogP contribution in [0.15, 0.2) is 30.3 Å². The number of nitrogens with one attached hydrogen (secondary N) is 1. The second-order valence-electron chi connectivity index (χ2n) is 8.82. The lowest BCUT2D eigenvalue weighted by atomic mass is 9.74. The summed E-state index contributed by atoms with van der Waals surface area (Å²) in [6.07, 6.45) is 10.0. The molecule has 0 spiro atoms. The Bertz CT molecular complexity index is 782. The molecule has 0 aromatic heterocycles. The zero-order valence-corrected chi connectivity index (χ0v) is 17.3. The Morgan fingerprint density at radius 3 is 2.48 bits per heavy atom. The van der Waals surface area contributed by atoms with Crippen LogP contribution in [0.1, 0.15) is 68.9 Å². The van der Waals surface area contributed by atoms with Crippen molar-refractivity contribution in [1.82, 2.24) is 10.2 Å². The van der Waals surface area contributed by atoms with Gasteiger partial charge in [0, 0.05) is 25.8 Å². The number of carbonyl (C=O) groups excluding carboxylic acids is 2. The summed E-state index contributed by atoms with van der Waals surface area (Å²) in [5, 5.41) is 13.0. The second kappa shape index (κ2) is 8.70. The van der Waals surface area contributed by atoms with Gasteiger partial charge in [-0.25, -0.2) is 0 Å². The molecule has 0 unspecified atom stereocenters. The summed E-state index contributed by atoms with van der Waals surface area (Å²) in [5.74, 6) is 0.606. The van der Waals surface area contributed by atoms with E-state index in [1.165, 1.54) is 30.9 Å². The van der Waals surface area contributed by atoms with E-state index in [0.717, 1.165) is 31.2 Å². The Labute approximate surface area is 173 Å². The smallest absolute Gasteiger partial charge is 0.220 e. The van der Waals surface area contributed by atoms with Crippen molar-refractivity contribution in [2.24, 2.45) is 5.92 Å². The number of allylic oxidation sites excluding steroid dienone is 2. The maximum absolute atomic E-state index is 12.2. The summed E-state index contributed by atoms with van der Waals surface area (Å²) in [6.45, 7) is 1.92. The van der Waals surface area contributed by atoms with Gasteiger partial charge in [0.15, 0.2) is 0 Å². The third-order valence-corrected chi connectivity index (χ3v) is 6.73. The van der Waals surface area contributed by atoms with Crippen LogP contribution in [0.4, 0.5) is 0 Å². The van der Waals surface area contributed by atoms with Gasteiger partial charge in [0.1, 0.15) is 0 Å². The van der Waals surface area contributed by atoms with Crippen LogP contribution in [0.2, 0.25) is 0 Å². The first-order valence-electron chi connectivity index (χ1n) is 11.0. The van der Waals surface area contributed by atoms with Gasteiger partial charge in [0.05, 0.1) is 18.7 Å². The quantitative estimate of drug-likeness (QED) is 0.743. The minimum Gasteiger partial charge on any atom is -0.394 e. The third kappa shape index (κ3) is 4.40. The van der Waals surface area contributed by atoms with Crippen molar-refractivity contribution in [3.8, 4) is 0 Å². The van der Waals surface area contributed by atoms with Crippen molar-refractivity contribution in [1.29, 1.82) is 0 Å². The van der Waals surface area contributed by atoms with Crippen molar-refractivity contribution in [2.75, 3.05) is 13.2 Å². The first kappa shape index (κ1) is 20.1. The molecule has 29 heavy (non-hydrogen) atoms. The number of likely N-dealkylation sites (tertiary alicyclic amines) is 1. The van der Waals surface area contributed by atoms with E-state index in [1.807, 2.05) is 0 Å². The molecule has 4 rings (SSSR count). The Morgan fingerprint density at radius 1 is 1.14 bits per heavy atom. The highest BCUT2D eigenvalue weighted by Crippen LogP contribution is 2.41. The summed E-state index contributed by atoms with van der Waals surface area (Å²) in [6, 6.07) is 8.27. The van der Waals surface area contributed by atoms with Crippen LogP contribution >= 0.6 is 0 Å². The Balaban J connectivity index is 1.48. The minimum atomic E-state index is -0.224. The molecule has 3 atom stereocenters. The summed E-state index contributed by atoms with van der Waals surface area (Å²) in [7, 11) is 0. The molecule has 1 heterocycles. The number of amides is 2. The van der Waals surface area contributed by atoms with E-state index < -0.39 is 0 Å². The van der Waals surface area contributed by atoms with E-state index >= 15 is 0 Å². The molecule has 1 aromatic rings. The second-order valence-corrected chi connectivity index (χ2v) is 8.82. The fourth-order valence-corrected chi connectivity index (χ4v) is 4.98. The highest BCUT2D eigenvalue weighted by atomic mass is 16.3. The van der Waals surface area contributed by atoms with E-state index in [1.54, 1.807) is 4.90 Å². The largest absolute Gasteiger partial charge is 0.394 e. The van der Waals surface area contributed by atoms with Crippen LogP contribution in [-0.4, -0.2) is 47.1 Å². The standard InChI is InChI=1S/C24H32N2O3/c1-16(28)26-21(14-25-23(29)13-17-7-8-17)24(22(26)15-27)20-11-9-19(10-12-20)18-5-3-2-4-6-18/h5,9-12,17,21-22,24,27H,2-4,6-8,13-15H2,1H3,(H,25,29)/t21-,22+,24+/m0/s1. The Hall–Kier alpha value is -2.14. The third-order valence-electron chi connectivity index (χ3n) is 6.73. The van der Waals surface area contributed by atoms with Crippen molar-refractivity contribution >= 4 is 17.4 Å². The SMILES string of the molecule is CC(=O)N1[C@H](CO)[C@H](c2ccc(C3=CCCCC3)cc2)[C@@H]1CNC(=O)CC1CC1. The van der Waals surface area contributed by atoms with Crippen molar-refractivity contribution < 1.29 is 14.7 Å². The lowest BCUT2D eigenvalue weighted by Crippen LogP contribution is -2.68. The number of nitrogens with zero attached hydrogens (tertiary/aromatic N) is 1. The Morgan fingerprint density at radius 2 is 1.90 bits per heavy atom. The normalized spacial score (nSPS) is 26.5. The summed E-state index contributed by atoms with van der Waals surface area (Å²) < 4.78 is 0. The zero-order valence-electron chi connectivity index (χ0n) is 17.3. The van der Waals surface area contributed by atoms with Gasteiger partial charge in [0.25, 0.3) is 0 Å². The molecule has 0 radical (unpaired) electrons. The monoisotopic (exact) mass is 396 g/mol. The van der Waals surface area contributed by atoms with Crippen molar-refractivity contribution in [2.45, 2.75) is 69.9 Å². The number of aliphatic hydroxyl groups is 1. The van der Waals surface area contributed by atoms with Gasteiger partial charge in [-0.05, 0) is 61.1 Å². The summed E-state index contributed by atoms with van der Waals surface area (Å²) in [4.78, 5) is 26.1. The Kier molecular flexibility index (Phi) is 6.04. The van der Waals surface area contributed by atoms with Crippen LogP contribution in [0.5, 0.6) is 0 Å². The molecule has 5 heteroatoms. The molecule has 2 amide bonds. The minimum absolute atomic E-state index is 0.0412. The maximum atomic E-state index is 12.2. The zero-order chi connectivity index (χ0) is 20.4. The molecule has 0 bridgehead atoms. The topological polar surface area (TPSA) is 69.6 Å². The number of hydrogen-bond acceptors (Lipinski definition) is 3. The number of carbonyl (C=O) groups is 2. The molecule has 2 aliphatic carbocycles. The molecule has 1 saturated carbocycles. The molecule has 3 aliphatic rings. The molecule has 1 aliphatic heterocycles. The molecule has 2 fully saturated rings. The van der Waals surface area contributed by atoms with Gasteiger partial charge < -0.3 is 15.3 Å². The van der Waals surface area contributed by atoms with E-state index in [9.17, 15) is 14.7 Å². The molecule has 1 saturated heterocycles. The lowest BCUT2D eigenvalue weighted by Gasteiger charge is -2.54. The van der Waals surface area contributed by atoms with Crippen LogP contribution in [0.25, 0.3) is 5.57 Å². The molecule has 156 valence electrons. The average Bonchev–Trinajstić information content (AvgIpc) is 3.52. The van der Waals surface area contributed by atoms with Gasteiger partial charge in [-0.15, -0.1) is 0 Å². The number of benzene rings is 1. The predicted octanol–water partition coefficient (Wildman–Crippen LogP) is 3.24. The highest BCUT2D eigenvalue weighted by molar-refractivity contribution is 5.78. The first-order chi connectivity index (χ1) is 14.1. The van der Waals surface area contributed by atoms with Gasteiger partial charge in [-0.3, -0.25) is 9.59 Å². The van der Waals surface area contributed by atoms with Gasteiger partial charge >= 0.3 is 0 Å². The summed E-state index contributed by atoms with van der Waals surface area (Å²) in [5.41, 5.74) is 3.82.